The third kappa shape index (κ3) is 4.06. The van der Waals surface area contributed by atoms with Crippen molar-refractivity contribution in [3.63, 3.8) is 0 Å². The summed E-state index contributed by atoms with van der Waals surface area (Å²) in [5.74, 6) is -1.46. The van der Waals surface area contributed by atoms with E-state index in [1.807, 2.05) is 37.8 Å². The van der Waals surface area contributed by atoms with Crippen LogP contribution in [-0.4, -0.2) is 28.7 Å². The van der Waals surface area contributed by atoms with Gasteiger partial charge in [0.25, 0.3) is 0 Å². The van der Waals surface area contributed by atoms with Crippen molar-refractivity contribution in [2.45, 2.75) is 75.7 Å². The number of aryl methyl sites for hydroxylation is 1. The highest BCUT2D eigenvalue weighted by molar-refractivity contribution is 6.31. The summed E-state index contributed by atoms with van der Waals surface area (Å²) in [6.07, 6.45) is 0.341. The Morgan fingerprint density at radius 2 is 1.82 bits per heavy atom. The molecule has 38 heavy (non-hydrogen) atoms. The fourth-order valence-electron chi connectivity index (χ4n) is 6.40. The second-order valence-electron chi connectivity index (χ2n) is 11.4. The number of hydrogen-bond donors (Lipinski definition) is 1. The minimum Gasteiger partial charge on any atom is -0.466 e. The number of nitrogens with zero attached hydrogens (tertiary/aromatic N) is 1. The molecular weight excluding hydrogens is 533 g/mol. The van der Waals surface area contributed by atoms with Gasteiger partial charge in [0.05, 0.1) is 10.6 Å². The predicted molar refractivity (Wildman–Crippen MR) is 142 cm³/mol. The van der Waals surface area contributed by atoms with Crippen LogP contribution in [0.2, 0.25) is 10.0 Å². The normalized spacial score (nSPS) is 27.0. The lowest BCUT2D eigenvalue weighted by Crippen LogP contribution is -2.57. The summed E-state index contributed by atoms with van der Waals surface area (Å²) in [6, 6.07) is 10.9. The van der Waals surface area contributed by atoms with Gasteiger partial charge in [0.1, 0.15) is 29.2 Å². The highest BCUT2D eigenvalue weighted by Crippen LogP contribution is 2.58. The second-order valence-corrected chi connectivity index (χ2v) is 12.3. The van der Waals surface area contributed by atoms with Crippen LogP contribution in [0.15, 0.2) is 52.9 Å². The van der Waals surface area contributed by atoms with Crippen molar-refractivity contribution >= 4 is 29.2 Å². The molecule has 0 bridgehead atoms. The number of fused-ring (bicyclic) bond motifs is 1. The Balaban J connectivity index is 1.79. The van der Waals surface area contributed by atoms with Crippen LogP contribution in [0, 0.1) is 18.6 Å². The molecule has 0 saturated carbocycles. The van der Waals surface area contributed by atoms with Gasteiger partial charge in [0.2, 0.25) is 0 Å². The number of furan rings is 1. The molecule has 202 valence electrons. The topological polar surface area (TPSA) is 68.7 Å². The Kier molecular flexibility index (Phi) is 6.46. The first-order chi connectivity index (χ1) is 17.7. The molecule has 2 saturated heterocycles. The smallest absolute Gasteiger partial charge is 0.325 e. The SMILES string of the molecule is Cc1ccc(C(C)(C)C[C@@H]2N3[C@@H](C(=O)OC3(C)C)[C@H](c3cccc(Cl)c3F)[C@@]2(N)c2ccc(Cl)cc2F)o1. The number of rotatable bonds is 5. The maximum absolute atomic E-state index is 15.8. The minimum absolute atomic E-state index is 0.117. The fourth-order valence-corrected chi connectivity index (χ4v) is 6.74. The van der Waals surface area contributed by atoms with Crippen molar-refractivity contribution in [3.05, 3.63) is 92.9 Å². The van der Waals surface area contributed by atoms with Crippen molar-refractivity contribution in [1.29, 1.82) is 0 Å². The third-order valence-electron chi connectivity index (χ3n) is 8.06. The number of ether oxygens (including phenoxy) is 1. The number of benzene rings is 2. The maximum Gasteiger partial charge on any atom is 0.325 e. The molecular formula is C29H30Cl2F2N2O3. The summed E-state index contributed by atoms with van der Waals surface area (Å²) in [4.78, 5) is 15.4. The van der Waals surface area contributed by atoms with E-state index < -0.39 is 52.3 Å². The highest BCUT2D eigenvalue weighted by Gasteiger charge is 2.69. The average Bonchev–Trinajstić information content (AvgIpc) is 3.43. The highest BCUT2D eigenvalue weighted by atomic mass is 35.5. The predicted octanol–water partition coefficient (Wildman–Crippen LogP) is 6.82. The molecule has 2 aliphatic rings. The Morgan fingerprint density at radius 1 is 1.11 bits per heavy atom. The lowest BCUT2D eigenvalue weighted by atomic mass is 9.67. The summed E-state index contributed by atoms with van der Waals surface area (Å²) in [6.45, 7) is 9.38. The lowest BCUT2D eigenvalue weighted by Gasteiger charge is -2.44. The molecule has 2 N–H and O–H groups in total. The zero-order valence-electron chi connectivity index (χ0n) is 21.8. The van der Waals surface area contributed by atoms with Gasteiger partial charge in [-0.15, -0.1) is 0 Å². The van der Waals surface area contributed by atoms with E-state index in [-0.39, 0.29) is 21.2 Å². The van der Waals surface area contributed by atoms with Gasteiger partial charge >= 0.3 is 5.97 Å². The molecule has 0 amide bonds. The molecule has 4 atom stereocenters. The van der Waals surface area contributed by atoms with Crippen LogP contribution >= 0.6 is 23.2 Å². The molecule has 0 unspecified atom stereocenters. The Bertz CT molecular complexity index is 1420. The Labute approximate surface area is 230 Å². The van der Waals surface area contributed by atoms with Gasteiger partial charge in [-0.05, 0) is 63.1 Å². The molecule has 3 heterocycles. The fraction of sp³-hybridized carbons (Fsp3) is 0.414. The first kappa shape index (κ1) is 27.1. The van der Waals surface area contributed by atoms with E-state index in [2.05, 4.69) is 0 Å². The van der Waals surface area contributed by atoms with Crippen LogP contribution in [-0.2, 0) is 20.5 Å². The standard InChI is InChI=1S/C29H30Cl2F2N2O3/c1-15-9-12-22(37-15)27(2,3)14-21-29(34,18-11-10-16(30)13-20(18)32)23(17-7-6-8-19(31)24(17)33)25-26(36)38-28(4,5)35(21)25/h6-13,21,23,25H,14,34H2,1-5H3/t21-,23-,25+,29+/m0/s1. The van der Waals surface area contributed by atoms with Gasteiger partial charge in [-0.2, -0.15) is 0 Å². The Hall–Kier alpha value is -2.45. The van der Waals surface area contributed by atoms with Crippen LogP contribution in [0.25, 0.3) is 0 Å². The van der Waals surface area contributed by atoms with Crippen molar-refractivity contribution in [1.82, 2.24) is 4.90 Å². The molecule has 1 aromatic heterocycles. The van der Waals surface area contributed by atoms with Crippen molar-refractivity contribution < 1.29 is 22.7 Å². The van der Waals surface area contributed by atoms with Crippen LogP contribution in [0.4, 0.5) is 8.78 Å². The molecule has 5 rings (SSSR count). The largest absolute Gasteiger partial charge is 0.466 e. The van der Waals surface area contributed by atoms with Gasteiger partial charge in [0.15, 0.2) is 5.72 Å². The summed E-state index contributed by atoms with van der Waals surface area (Å²) < 4.78 is 43.3. The van der Waals surface area contributed by atoms with E-state index in [0.29, 0.717) is 12.2 Å². The number of nitrogens with two attached hydrogens (primary N) is 1. The molecule has 2 aliphatic heterocycles. The molecule has 0 radical (unpaired) electrons. The molecule has 2 aromatic carbocycles. The van der Waals surface area contributed by atoms with E-state index in [1.165, 1.54) is 18.2 Å². The molecule has 9 heteroatoms. The van der Waals surface area contributed by atoms with E-state index in [9.17, 15) is 4.79 Å². The first-order valence-electron chi connectivity index (χ1n) is 12.4. The molecule has 3 aromatic rings. The molecule has 5 nitrogen and oxygen atoms in total. The summed E-state index contributed by atoms with van der Waals surface area (Å²) in [5, 5.41) is 0.0787. The molecule has 0 aliphatic carbocycles. The number of carbonyl (C=O) groups excluding carboxylic acids is 1. The van der Waals surface area contributed by atoms with Gasteiger partial charge in [0, 0.05) is 28.0 Å². The number of cyclic esters (lactones) is 1. The number of esters is 1. The summed E-state index contributed by atoms with van der Waals surface area (Å²) >= 11 is 12.3. The van der Waals surface area contributed by atoms with E-state index in [4.69, 9.17) is 38.1 Å². The van der Waals surface area contributed by atoms with Crippen molar-refractivity contribution in [2.24, 2.45) is 5.73 Å². The van der Waals surface area contributed by atoms with Gasteiger partial charge in [-0.25, -0.2) is 13.7 Å². The molecule has 0 spiro atoms. The Morgan fingerprint density at radius 3 is 2.45 bits per heavy atom. The van der Waals surface area contributed by atoms with Crippen LogP contribution in [0.1, 0.15) is 62.7 Å². The quantitative estimate of drug-likeness (QED) is 0.345. The van der Waals surface area contributed by atoms with Crippen LogP contribution in [0.5, 0.6) is 0 Å². The van der Waals surface area contributed by atoms with Crippen molar-refractivity contribution in [2.75, 3.05) is 0 Å². The average molecular weight is 563 g/mol. The zero-order valence-corrected chi connectivity index (χ0v) is 23.3. The van der Waals surface area contributed by atoms with Crippen molar-refractivity contribution in [3.8, 4) is 0 Å². The third-order valence-corrected chi connectivity index (χ3v) is 8.58. The second kappa shape index (κ2) is 9.05. The van der Waals surface area contributed by atoms with Gasteiger partial charge in [-0.3, -0.25) is 4.79 Å². The van der Waals surface area contributed by atoms with Crippen LogP contribution in [0.3, 0.4) is 0 Å². The van der Waals surface area contributed by atoms with E-state index >= 15 is 8.78 Å². The number of halogens is 4. The van der Waals surface area contributed by atoms with Crippen LogP contribution < -0.4 is 5.73 Å². The van der Waals surface area contributed by atoms with Gasteiger partial charge in [-0.1, -0.05) is 55.2 Å². The lowest BCUT2D eigenvalue weighted by molar-refractivity contribution is -0.152. The first-order valence-corrected chi connectivity index (χ1v) is 13.2. The minimum atomic E-state index is -1.58. The maximum atomic E-state index is 15.8. The summed E-state index contributed by atoms with van der Waals surface area (Å²) in [7, 11) is 0. The molecule has 2 fully saturated rings. The number of hydrogen-bond acceptors (Lipinski definition) is 5. The van der Waals surface area contributed by atoms with E-state index in [0.717, 1.165) is 5.76 Å². The monoisotopic (exact) mass is 562 g/mol. The van der Waals surface area contributed by atoms with Gasteiger partial charge < -0.3 is 14.9 Å². The van der Waals surface area contributed by atoms with E-state index in [1.54, 1.807) is 32.0 Å². The summed E-state index contributed by atoms with van der Waals surface area (Å²) in [5.41, 5.74) is 4.33. The zero-order chi connectivity index (χ0) is 27.8. The number of carbonyl (C=O) groups is 1.